The molecule has 6 heteroatoms. The fraction of sp³-hybridized carbons (Fsp3) is 0.100. The predicted octanol–water partition coefficient (Wildman–Crippen LogP) is 13.3. The number of rotatable bonds is 3. The lowest BCUT2D eigenvalue weighted by Gasteiger charge is -2.42. The summed E-state index contributed by atoms with van der Waals surface area (Å²) in [6, 6.07) is 38.1. The maximum absolute atomic E-state index is 6.76. The van der Waals surface area contributed by atoms with E-state index >= 15 is 0 Å². The standard InChI is InChI=1S/C40H27Br2NO3/c1-40(2,3)28-10-4-22(5-11-28)25-16-31-37-32(17-25)45-34-19-27(24-8-14-30(42)15-9-24)21-36-39(34)43(37)38-33(44-31)18-26(20-35(38)46-36)23-6-12-29(41)13-7-23/h4-21H,1-3H3. The third kappa shape index (κ3) is 4.38. The van der Waals surface area contributed by atoms with Crippen molar-refractivity contribution in [3.63, 3.8) is 0 Å². The molecule has 9 rings (SSSR count). The lowest BCUT2D eigenvalue weighted by Crippen LogP contribution is -2.24. The van der Waals surface area contributed by atoms with Gasteiger partial charge in [0.1, 0.15) is 17.1 Å². The van der Waals surface area contributed by atoms with Crippen molar-refractivity contribution in [1.29, 1.82) is 0 Å². The number of hydrogen-bond acceptors (Lipinski definition) is 4. The average molecular weight is 729 g/mol. The predicted molar refractivity (Wildman–Crippen MR) is 192 cm³/mol. The molecule has 0 saturated carbocycles. The summed E-state index contributed by atoms with van der Waals surface area (Å²) in [5, 5.41) is 0. The Morgan fingerprint density at radius 2 is 0.696 bits per heavy atom. The topological polar surface area (TPSA) is 30.9 Å². The molecule has 0 radical (unpaired) electrons. The van der Waals surface area contributed by atoms with Gasteiger partial charge >= 0.3 is 0 Å². The number of benzene rings is 6. The highest BCUT2D eigenvalue weighted by Gasteiger charge is 2.42. The molecule has 0 atom stereocenters. The van der Waals surface area contributed by atoms with E-state index < -0.39 is 0 Å². The van der Waals surface area contributed by atoms with Crippen molar-refractivity contribution in [3.8, 4) is 67.9 Å². The third-order valence-corrected chi connectivity index (χ3v) is 9.95. The molecule has 0 aliphatic carbocycles. The van der Waals surface area contributed by atoms with E-state index in [2.05, 4.69) is 167 Å². The van der Waals surface area contributed by atoms with Crippen LogP contribution in [0.4, 0.5) is 17.1 Å². The first-order chi connectivity index (χ1) is 22.2. The van der Waals surface area contributed by atoms with Crippen molar-refractivity contribution in [1.82, 2.24) is 0 Å². The van der Waals surface area contributed by atoms with Gasteiger partial charge in [-0.1, -0.05) is 101 Å². The van der Waals surface area contributed by atoms with E-state index in [-0.39, 0.29) is 5.41 Å². The number of ether oxygens (including phenoxy) is 3. The molecule has 0 fully saturated rings. The fourth-order valence-electron chi connectivity index (χ4n) is 6.51. The van der Waals surface area contributed by atoms with Crippen LogP contribution in [0.3, 0.4) is 0 Å². The molecule has 4 nitrogen and oxygen atoms in total. The minimum atomic E-state index is 0.0743. The van der Waals surface area contributed by atoms with Crippen LogP contribution in [0.5, 0.6) is 34.5 Å². The average Bonchev–Trinajstić information content (AvgIpc) is 3.04. The molecule has 6 aromatic rings. The van der Waals surface area contributed by atoms with Gasteiger partial charge in [-0.3, -0.25) is 4.90 Å². The maximum Gasteiger partial charge on any atom is 0.156 e. The monoisotopic (exact) mass is 727 g/mol. The van der Waals surface area contributed by atoms with Gasteiger partial charge in [0.25, 0.3) is 0 Å². The van der Waals surface area contributed by atoms with Gasteiger partial charge in [0.15, 0.2) is 34.5 Å². The number of nitrogens with zero attached hydrogens (tertiary/aromatic N) is 1. The minimum Gasteiger partial charge on any atom is -0.453 e. The molecule has 0 aromatic heterocycles. The zero-order valence-corrected chi connectivity index (χ0v) is 28.5. The summed E-state index contributed by atoms with van der Waals surface area (Å²) < 4.78 is 22.3. The van der Waals surface area contributed by atoms with Crippen LogP contribution in [-0.2, 0) is 5.41 Å². The van der Waals surface area contributed by atoms with E-state index in [0.717, 1.165) is 93.9 Å². The van der Waals surface area contributed by atoms with Crippen LogP contribution in [-0.4, -0.2) is 0 Å². The molecule has 224 valence electrons. The largest absolute Gasteiger partial charge is 0.453 e. The number of anilines is 3. The highest BCUT2D eigenvalue weighted by Crippen LogP contribution is 2.68. The van der Waals surface area contributed by atoms with Crippen molar-refractivity contribution in [2.24, 2.45) is 0 Å². The van der Waals surface area contributed by atoms with Crippen LogP contribution in [0.15, 0.2) is 118 Å². The summed E-state index contributed by atoms with van der Waals surface area (Å²) in [4.78, 5) is 2.26. The van der Waals surface area contributed by atoms with Crippen molar-refractivity contribution in [2.75, 3.05) is 4.90 Å². The summed E-state index contributed by atoms with van der Waals surface area (Å²) in [5.41, 5.74) is 10.3. The van der Waals surface area contributed by atoms with Gasteiger partial charge in [-0.2, -0.15) is 0 Å². The first kappa shape index (κ1) is 27.8. The molecule has 0 amide bonds. The van der Waals surface area contributed by atoms with E-state index in [1.165, 1.54) is 5.56 Å². The van der Waals surface area contributed by atoms with Gasteiger partial charge in [-0.15, -0.1) is 0 Å². The molecule has 3 aliphatic heterocycles. The van der Waals surface area contributed by atoms with Gasteiger partial charge < -0.3 is 14.2 Å². The van der Waals surface area contributed by atoms with Crippen molar-refractivity contribution in [3.05, 3.63) is 124 Å². The van der Waals surface area contributed by atoms with Gasteiger partial charge in [0, 0.05) is 8.95 Å². The molecule has 3 aliphatic rings. The van der Waals surface area contributed by atoms with Crippen LogP contribution in [0.1, 0.15) is 26.3 Å². The Morgan fingerprint density at radius 3 is 0.978 bits per heavy atom. The van der Waals surface area contributed by atoms with E-state index in [0.29, 0.717) is 0 Å². The first-order valence-corrected chi connectivity index (χ1v) is 16.8. The normalized spacial score (nSPS) is 13.4. The van der Waals surface area contributed by atoms with E-state index in [1.807, 2.05) is 0 Å². The lowest BCUT2D eigenvalue weighted by atomic mass is 9.86. The van der Waals surface area contributed by atoms with E-state index in [1.54, 1.807) is 0 Å². The SMILES string of the molecule is CC(C)(C)c1ccc(-c2cc3c4c(c2)Oc2cc(-c5ccc(Br)cc5)cc5c2N4c2c(cc(-c4ccc(Br)cc4)cc2O3)O5)cc1. The Morgan fingerprint density at radius 1 is 0.413 bits per heavy atom. The second-order valence-electron chi connectivity index (χ2n) is 12.9. The maximum atomic E-state index is 6.76. The highest BCUT2D eigenvalue weighted by atomic mass is 79.9. The quantitative estimate of drug-likeness (QED) is 0.181. The van der Waals surface area contributed by atoms with Crippen molar-refractivity contribution >= 4 is 48.9 Å². The fourth-order valence-corrected chi connectivity index (χ4v) is 7.04. The molecule has 0 N–H and O–H groups in total. The second-order valence-corrected chi connectivity index (χ2v) is 14.8. The summed E-state index contributed by atoms with van der Waals surface area (Å²) in [5.74, 6) is 4.45. The second kappa shape index (κ2) is 9.99. The number of hydrogen-bond donors (Lipinski definition) is 0. The Kier molecular flexibility index (Phi) is 6.03. The van der Waals surface area contributed by atoms with Crippen LogP contribution in [0.25, 0.3) is 33.4 Å². The smallest absolute Gasteiger partial charge is 0.156 e. The molecule has 0 unspecified atom stereocenters. The molecule has 0 spiro atoms. The van der Waals surface area contributed by atoms with Crippen LogP contribution in [0, 0.1) is 0 Å². The minimum absolute atomic E-state index is 0.0743. The molecule has 46 heavy (non-hydrogen) atoms. The molecular formula is C40H27Br2NO3. The van der Waals surface area contributed by atoms with Crippen LogP contribution >= 0.6 is 31.9 Å². The number of halogens is 2. The van der Waals surface area contributed by atoms with Gasteiger partial charge in [-0.25, -0.2) is 0 Å². The van der Waals surface area contributed by atoms with Gasteiger partial charge in [0.2, 0.25) is 0 Å². The van der Waals surface area contributed by atoms with Crippen LogP contribution in [0.2, 0.25) is 0 Å². The van der Waals surface area contributed by atoms with Gasteiger partial charge in [0.05, 0.1) is 0 Å². The van der Waals surface area contributed by atoms with Crippen LogP contribution < -0.4 is 19.1 Å². The van der Waals surface area contributed by atoms with Crippen molar-refractivity contribution < 1.29 is 14.2 Å². The Labute approximate surface area is 284 Å². The molecule has 0 bridgehead atoms. The highest BCUT2D eigenvalue weighted by molar-refractivity contribution is 9.10. The summed E-state index contributed by atoms with van der Waals surface area (Å²) in [6.07, 6.45) is 0. The third-order valence-electron chi connectivity index (χ3n) is 8.89. The molecule has 6 aromatic carbocycles. The molecule has 3 heterocycles. The Bertz CT molecular complexity index is 2090. The van der Waals surface area contributed by atoms with E-state index in [4.69, 9.17) is 14.2 Å². The first-order valence-electron chi connectivity index (χ1n) is 15.2. The Hall–Kier alpha value is -4.52. The molecular weight excluding hydrogens is 702 g/mol. The summed E-state index contributed by atoms with van der Waals surface area (Å²) in [7, 11) is 0. The zero-order valence-electron chi connectivity index (χ0n) is 25.3. The zero-order chi connectivity index (χ0) is 31.3. The summed E-state index contributed by atoms with van der Waals surface area (Å²) in [6.45, 7) is 6.70. The summed E-state index contributed by atoms with van der Waals surface area (Å²) >= 11 is 7.14. The molecule has 0 saturated heterocycles. The Balaban J connectivity index is 1.26. The van der Waals surface area contributed by atoms with E-state index in [9.17, 15) is 0 Å². The van der Waals surface area contributed by atoms with Gasteiger partial charge in [-0.05, 0) is 105 Å². The lowest BCUT2D eigenvalue weighted by molar-refractivity contribution is 0.418. The van der Waals surface area contributed by atoms with Crippen molar-refractivity contribution in [2.45, 2.75) is 26.2 Å².